The Balaban J connectivity index is 1.40. The second kappa shape index (κ2) is 9.44. The molecule has 8 aromatic carbocycles. The first-order valence-corrected chi connectivity index (χ1v) is 13.9. The van der Waals surface area contributed by atoms with Gasteiger partial charge in [-0.05, 0) is 83.8 Å². The van der Waals surface area contributed by atoms with Crippen molar-refractivity contribution >= 4 is 54.3 Å². The summed E-state index contributed by atoms with van der Waals surface area (Å²) in [5, 5.41) is 3.81. The maximum Gasteiger partial charge on any atom is 0.135 e. The molecule has 0 aliphatic rings. The van der Waals surface area contributed by atoms with Gasteiger partial charge in [0.25, 0.3) is 0 Å². The molecule has 1 nitrogen and oxygen atoms in total. The smallest absolute Gasteiger partial charge is 0.135 e. The Morgan fingerprint density at radius 3 is 1.74 bits per heavy atom. The fourth-order valence-corrected chi connectivity index (χ4v) is 6.19. The lowest BCUT2D eigenvalue weighted by Crippen LogP contribution is -1.91. The highest BCUT2D eigenvalue weighted by atomic mass is 16.3. The SMILES string of the molecule is [2H]c1cc2c(-c3ccc(-c4cccc5ccccc45)cc3)c3cc([2H])c([2H])cc3c(-c3c([2H])c([2H])c4oc5c([2H])c([2H])c([2H])c([2H])c5c4c3[2H])c2cc1[2H]. The van der Waals surface area contributed by atoms with E-state index in [0.717, 1.165) is 27.5 Å². The maximum atomic E-state index is 9.54. The number of benzene rings is 8. The lowest BCUT2D eigenvalue weighted by molar-refractivity contribution is 0.669. The molecule has 0 unspecified atom stereocenters. The van der Waals surface area contributed by atoms with Crippen molar-refractivity contribution in [3.05, 3.63) is 157 Å². The van der Waals surface area contributed by atoms with Gasteiger partial charge in [0.2, 0.25) is 0 Å². The molecule has 1 aromatic heterocycles. The van der Waals surface area contributed by atoms with Crippen LogP contribution in [0.4, 0.5) is 0 Å². The van der Waals surface area contributed by atoms with Crippen molar-refractivity contribution in [1.82, 2.24) is 0 Å². The molecular formula is C42H26O. The molecule has 1 heteroatoms. The van der Waals surface area contributed by atoms with E-state index in [9.17, 15) is 2.74 Å². The van der Waals surface area contributed by atoms with Crippen LogP contribution < -0.4 is 0 Å². The van der Waals surface area contributed by atoms with E-state index in [0.29, 0.717) is 27.1 Å². The second-order valence-corrected chi connectivity index (χ2v) is 10.4. The average molecular weight is 558 g/mol. The summed E-state index contributed by atoms with van der Waals surface area (Å²) in [6.07, 6.45) is 0. The number of furan rings is 1. The van der Waals surface area contributed by atoms with Gasteiger partial charge in [-0.3, -0.25) is 0 Å². The van der Waals surface area contributed by atoms with Crippen LogP contribution in [0.15, 0.2) is 162 Å². The molecule has 0 aliphatic heterocycles. The molecule has 0 N–H and O–H groups in total. The summed E-state index contributed by atoms with van der Waals surface area (Å²) in [6, 6.07) is 24.6. The largest absolute Gasteiger partial charge is 0.456 e. The zero-order valence-electron chi connectivity index (χ0n) is 33.6. The second-order valence-electron chi connectivity index (χ2n) is 10.4. The molecule has 9 rings (SSSR count). The summed E-state index contributed by atoms with van der Waals surface area (Å²) in [4.78, 5) is 0. The molecule has 0 amide bonds. The monoisotopic (exact) mass is 557 g/mol. The number of hydrogen-bond donors (Lipinski definition) is 0. The molecular weight excluding hydrogens is 520 g/mol. The molecule has 0 saturated carbocycles. The van der Waals surface area contributed by atoms with Crippen molar-refractivity contribution in [2.45, 2.75) is 0 Å². The quantitative estimate of drug-likeness (QED) is 0.197. The van der Waals surface area contributed by atoms with Gasteiger partial charge in [0.05, 0.1) is 15.1 Å². The molecule has 9 aromatic rings. The molecule has 0 fully saturated rings. The van der Waals surface area contributed by atoms with E-state index in [1.54, 1.807) is 12.1 Å². The molecule has 0 saturated heterocycles. The van der Waals surface area contributed by atoms with E-state index < -0.39 is 36.3 Å². The number of para-hydroxylation sites is 1. The zero-order valence-corrected chi connectivity index (χ0v) is 22.6. The van der Waals surface area contributed by atoms with Gasteiger partial charge >= 0.3 is 0 Å². The summed E-state index contributed by atoms with van der Waals surface area (Å²) < 4.78 is 102. The Bertz CT molecular complexity index is 3040. The third-order valence-electron chi connectivity index (χ3n) is 8.10. The lowest BCUT2D eigenvalue weighted by atomic mass is 9.85. The summed E-state index contributed by atoms with van der Waals surface area (Å²) >= 11 is 0. The number of fused-ring (bicyclic) bond motifs is 6. The van der Waals surface area contributed by atoms with Crippen LogP contribution in [-0.2, 0) is 0 Å². The van der Waals surface area contributed by atoms with Gasteiger partial charge in [0.15, 0.2) is 0 Å². The van der Waals surface area contributed by atoms with E-state index in [1.165, 1.54) is 12.1 Å². The Kier molecular flexibility index (Phi) is 3.41. The first-order chi connectivity index (χ1) is 25.9. The average Bonchev–Trinajstić information content (AvgIpc) is 3.58. The van der Waals surface area contributed by atoms with Crippen molar-refractivity contribution in [2.75, 3.05) is 0 Å². The van der Waals surface area contributed by atoms with Crippen LogP contribution in [0.25, 0.3) is 87.6 Å². The first kappa shape index (κ1) is 15.5. The fourth-order valence-electron chi connectivity index (χ4n) is 6.19. The summed E-state index contributed by atoms with van der Waals surface area (Å²) in [5.41, 5.74) is 3.10. The molecule has 43 heavy (non-hydrogen) atoms. The van der Waals surface area contributed by atoms with E-state index in [1.807, 2.05) is 42.5 Å². The Hall–Kier alpha value is -5.66. The van der Waals surface area contributed by atoms with E-state index in [-0.39, 0.29) is 63.3 Å². The van der Waals surface area contributed by atoms with Crippen LogP contribution in [0.2, 0.25) is 0 Å². The van der Waals surface area contributed by atoms with Crippen LogP contribution >= 0.6 is 0 Å². The molecule has 0 aliphatic carbocycles. The fraction of sp³-hybridized carbons (Fsp3) is 0. The number of hydrogen-bond acceptors (Lipinski definition) is 1. The molecule has 200 valence electrons. The lowest BCUT2D eigenvalue weighted by Gasteiger charge is -2.18. The minimum absolute atomic E-state index is 0.0613. The summed E-state index contributed by atoms with van der Waals surface area (Å²) in [5.74, 6) is 0. The predicted octanol–water partition coefficient (Wildman–Crippen LogP) is 12.0. The van der Waals surface area contributed by atoms with Crippen molar-refractivity contribution in [1.29, 1.82) is 0 Å². The Labute approximate surface area is 264 Å². The van der Waals surface area contributed by atoms with Gasteiger partial charge in [-0.15, -0.1) is 0 Å². The molecule has 0 bridgehead atoms. The van der Waals surface area contributed by atoms with Gasteiger partial charge < -0.3 is 4.42 Å². The van der Waals surface area contributed by atoms with Crippen molar-refractivity contribution in [3.8, 4) is 33.4 Å². The topological polar surface area (TPSA) is 13.1 Å². The van der Waals surface area contributed by atoms with Crippen LogP contribution in [0.1, 0.15) is 15.1 Å². The van der Waals surface area contributed by atoms with E-state index in [4.69, 9.17) is 16.8 Å². The molecule has 0 radical (unpaired) electrons. The maximum absolute atomic E-state index is 9.54. The normalized spacial score (nSPS) is 15.3. The van der Waals surface area contributed by atoms with E-state index >= 15 is 0 Å². The Morgan fingerprint density at radius 2 is 1.00 bits per heavy atom. The van der Waals surface area contributed by atoms with Gasteiger partial charge in [-0.1, -0.05) is 139 Å². The molecule has 1 heterocycles. The highest BCUT2D eigenvalue weighted by molar-refractivity contribution is 6.22. The van der Waals surface area contributed by atoms with Crippen LogP contribution in [0.3, 0.4) is 0 Å². The molecule has 0 spiro atoms. The third kappa shape index (κ3) is 3.72. The van der Waals surface area contributed by atoms with Crippen LogP contribution in [-0.4, -0.2) is 0 Å². The van der Waals surface area contributed by atoms with Crippen LogP contribution in [0, 0.1) is 0 Å². The van der Waals surface area contributed by atoms with Gasteiger partial charge in [-0.25, -0.2) is 0 Å². The van der Waals surface area contributed by atoms with Crippen molar-refractivity contribution in [3.63, 3.8) is 0 Å². The number of rotatable bonds is 3. The van der Waals surface area contributed by atoms with E-state index in [2.05, 4.69) is 24.3 Å². The van der Waals surface area contributed by atoms with Gasteiger partial charge in [0, 0.05) is 10.8 Å². The third-order valence-corrected chi connectivity index (χ3v) is 8.10. The summed E-state index contributed by atoms with van der Waals surface area (Å²) in [7, 11) is 0. The predicted molar refractivity (Wildman–Crippen MR) is 183 cm³/mol. The first-order valence-electron chi connectivity index (χ1n) is 19.4. The highest BCUT2D eigenvalue weighted by Crippen LogP contribution is 2.45. The Morgan fingerprint density at radius 1 is 0.395 bits per heavy atom. The molecule has 0 atom stereocenters. The summed E-state index contributed by atoms with van der Waals surface area (Å²) in [6.45, 7) is 0. The minimum atomic E-state index is -0.534. The van der Waals surface area contributed by atoms with Gasteiger partial charge in [0.1, 0.15) is 11.2 Å². The van der Waals surface area contributed by atoms with Crippen LogP contribution in [0.5, 0.6) is 0 Å². The van der Waals surface area contributed by atoms with Gasteiger partial charge in [-0.2, -0.15) is 0 Å². The zero-order chi connectivity index (χ0) is 37.9. The van der Waals surface area contributed by atoms with Crippen molar-refractivity contribution in [2.24, 2.45) is 0 Å². The standard InChI is InChI=1S/C42H26O/c1-2-12-31-27(10-1)11-9-18-32(31)28-20-22-29(23-21-28)41-34-14-3-5-16-36(34)42(37-17-6-4-15-35(37)41)30-24-25-40-38(26-30)33-13-7-8-19-39(33)43-40/h1-26H/i3D,4D,5D,6D,7D,8D,13D,19D,24D,25D,26D. The minimum Gasteiger partial charge on any atom is -0.456 e. The van der Waals surface area contributed by atoms with Crippen molar-refractivity contribution < 1.29 is 19.5 Å². The highest BCUT2D eigenvalue weighted by Gasteiger charge is 2.18.